The lowest BCUT2D eigenvalue weighted by Crippen LogP contribution is -2.44. The Balaban J connectivity index is 2.00. The first-order valence-corrected chi connectivity index (χ1v) is 6.37. The second kappa shape index (κ2) is 5.36. The minimum atomic E-state index is 0.0223. The Kier molecular flexibility index (Phi) is 3.84. The number of rotatable bonds is 3. The van der Waals surface area contributed by atoms with Gasteiger partial charge in [-0.3, -0.25) is 4.79 Å². The summed E-state index contributed by atoms with van der Waals surface area (Å²) in [6.07, 6.45) is 6.40. The smallest absolute Gasteiger partial charge is 0.253 e. The molecular weight excluding hydrogens is 214 g/mol. The van der Waals surface area contributed by atoms with Crippen molar-refractivity contribution >= 4 is 5.91 Å². The summed E-state index contributed by atoms with van der Waals surface area (Å²) in [5.74, 6) is 0.459. The standard InChI is InChI=1S/C13H21N3O/c1-9-11(6-7-15-9)13(17)16-12-5-3-2-4-10(12)8-14/h6-7,10,12,15H,2-5,8,14H2,1H3,(H,16,17). The molecule has 2 unspecified atom stereocenters. The Hall–Kier alpha value is -1.29. The van der Waals surface area contributed by atoms with Gasteiger partial charge in [-0.25, -0.2) is 0 Å². The lowest BCUT2D eigenvalue weighted by molar-refractivity contribution is 0.0907. The van der Waals surface area contributed by atoms with Crippen molar-refractivity contribution < 1.29 is 4.79 Å². The number of hydrogen-bond acceptors (Lipinski definition) is 2. The number of nitrogens with two attached hydrogens (primary N) is 1. The number of aromatic nitrogens is 1. The van der Waals surface area contributed by atoms with Crippen LogP contribution in [0.1, 0.15) is 41.7 Å². The Morgan fingerprint density at radius 2 is 2.29 bits per heavy atom. The molecule has 1 aromatic heterocycles. The van der Waals surface area contributed by atoms with Crippen molar-refractivity contribution in [1.29, 1.82) is 0 Å². The molecule has 0 aliphatic heterocycles. The number of carbonyl (C=O) groups is 1. The van der Waals surface area contributed by atoms with Crippen LogP contribution in [0.25, 0.3) is 0 Å². The molecule has 4 heteroatoms. The highest BCUT2D eigenvalue weighted by atomic mass is 16.1. The van der Waals surface area contributed by atoms with Gasteiger partial charge in [-0.05, 0) is 38.3 Å². The molecule has 94 valence electrons. The van der Waals surface area contributed by atoms with Gasteiger partial charge in [0, 0.05) is 17.9 Å². The van der Waals surface area contributed by atoms with Crippen LogP contribution in [0.5, 0.6) is 0 Å². The fourth-order valence-corrected chi connectivity index (χ4v) is 2.62. The van der Waals surface area contributed by atoms with Crippen LogP contribution < -0.4 is 11.1 Å². The van der Waals surface area contributed by atoms with E-state index in [1.165, 1.54) is 12.8 Å². The van der Waals surface area contributed by atoms with E-state index in [4.69, 9.17) is 5.73 Å². The van der Waals surface area contributed by atoms with E-state index in [2.05, 4.69) is 10.3 Å². The van der Waals surface area contributed by atoms with Crippen molar-refractivity contribution in [2.24, 2.45) is 11.7 Å². The average Bonchev–Trinajstić information content (AvgIpc) is 2.76. The van der Waals surface area contributed by atoms with Crippen molar-refractivity contribution in [3.63, 3.8) is 0 Å². The van der Waals surface area contributed by atoms with Crippen molar-refractivity contribution in [1.82, 2.24) is 10.3 Å². The zero-order valence-corrected chi connectivity index (χ0v) is 10.3. The van der Waals surface area contributed by atoms with E-state index < -0.39 is 0 Å². The summed E-state index contributed by atoms with van der Waals surface area (Å²) in [7, 11) is 0. The first kappa shape index (κ1) is 12.2. The second-order valence-electron chi connectivity index (χ2n) is 4.88. The molecule has 4 nitrogen and oxygen atoms in total. The molecule has 1 fully saturated rings. The first-order chi connectivity index (χ1) is 8.22. The summed E-state index contributed by atoms with van der Waals surface area (Å²) < 4.78 is 0. The molecule has 0 spiro atoms. The number of H-pyrrole nitrogens is 1. The van der Waals surface area contributed by atoms with E-state index >= 15 is 0 Å². The second-order valence-corrected chi connectivity index (χ2v) is 4.88. The molecule has 2 atom stereocenters. The van der Waals surface area contributed by atoms with Crippen molar-refractivity contribution in [3.05, 3.63) is 23.5 Å². The van der Waals surface area contributed by atoms with Gasteiger partial charge in [0.05, 0.1) is 5.56 Å². The summed E-state index contributed by atoms with van der Waals surface area (Å²) in [5.41, 5.74) is 7.42. The Morgan fingerprint density at radius 3 is 2.94 bits per heavy atom. The molecular formula is C13H21N3O. The van der Waals surface area contributed by atoms with Gasteiger partial charge in [-0.1, -0.05) is 12.8 Å². The van der Waals surface area contributed by atoms with Gasteiger partial charge in [0.2, 0.25) is 0 Å². The van der Waals surface area contributed by atoms with Gasteiger partial charge in [0.1, 0.15) is 0 Å². The molecule has 1 aromatic rings. The van der Waals surface area contributed by atoms with Gasteiger partial charge in [0.15, 0.2) is 0 Å². The Morgan fingerprint density at radius 1 is 1.53 bits per heavy atom. The van der Waals surface area contributed by atoms with E-state index in [-0.39, 0.29) is 11.9 Å². The van der Waals surface area contributed by atoms with Gasteiger partial charge in [-0.15, -0.1) is 0 Å². The van der Waals surface area contributed by atoms with E-state index in [9.17, 15) is 4.79 Å². The van der Waals surface area contributed by atoms with Crippen LogP contribution in [0.3, 0.4) is 0 Å². The average molecular weight is 235 g/mol. The molecule has 4 N–H and O–H groups in total. The van der Waals surface area contributed by atoms with Crippen LogP contribution in [0.2, 0.25) is 0 Å². The molecule has 0 bridgehead atoms. The number of carbonyl (C=O) groups excluding carboxylic acids is 1. The quantitative estimate of drug-likeness (QED) is 0.744. The first-order valence-electron chi connectivity index (χ1n) is 6.37. The van der Waals surface area contributed by atoms with Crippen LogP contribution in [0, 0.1) is 12.8 Å². The lowest BCUT2D eigenvalue weighted by atomic mass is 9.84. The highest BCUT2D eigenvalue weighted by Gasteiger charge is 2.26. The predicted molar refractivity (Wildman–Crippen MR) is 67.8 cm³/mol. The zero-order chi connectivity index (χ0) is 12.3. The number of aromatic amines is 1. The molecule has 1 heterocycles. The molecule has 0 aromatic carbocycles. The van der Waals surface area contributed by atoms with Gasteiger partial charge < -0.3 is 16.0 Å². The molecule has 1 saturated carbocycles. The largest absolute Gasteiger partial charge is 0.365 e. The molecule has 1 amide bonds. The Bertz CT molecular complexity index is 386. The van der Waals surface area contributed by atoms with Crippen LogP contribution >= 0.6 is 0 Å². The van der Waals surface area contributed by atoms with Crippen molar-refractivity contribution in [3.8, 4) is 0 Å². The molecule has 1 aliphatic carbocycles. The topological polar surface area (TPSA) is 70.9 Å². The predicted octanol–water partition coefficient (Wildman–Crippen LogP) is 1.57. The molecule has 0 saturated heterocycles. The van der Waals surface area contributed by atoms with E-state index in [0.717, 1.165) is 24.1 Å². The summed E-state index contributed by atoms with van der Waals surface area (Å²) in [5, 5.41) is 3.12. The molecule has 1 aliphatic rings. The van der Waals surface area contributed by atoms with Crippen molar-refractivity contribution in [2.75, 3.05) is 6.54 Å². The fourth-order valence-electron chi connectivity index (χ4n) is 2.62. The maximum Gasteiger partial charge on any atom is 0.253 e. The zero-order valence-electron chi connectivity index (χ0n) is 10.3. The highest BCUT2D eigenvalue weighted by molar-refractivity contribution is 5.95. The van der Waals surface area contributed by atoms with Crippen LogP contribution in [-0.2, 0) is 0 Å². The van der Waals surface area contributed by atoms with Crippen LogP contribution in [0.15, 0.2) is 12.3 Å². The normalized spacial score (nSPS) is 24.6. The lowest BCUT2D eigenvalue weighted by Gasteiger charge is -2.31. The number of hydrogen-bond donors (Lipinski definition) is 3. The van der Waals surface area contributed by atoms with Gasteiger partial charge in [-0.2, -0.15) is 0 Å². The molecule has 2 rings (SSSR count). The van der Waals surface area contributed by atoms with E-state index in [0.29, 0.717) is 12.5 Å². The number of aryl methyl sites for hydroxylation is 1. The van der Waals surface area contributed by atoms with Gasteiger partial charge in [0.25, 0.3) is 5.91 Å². The Labute approximate surface area is 102 Å². The SMILES string of the molecule is Cc1[nH]ccc1C(=O)NC1CCCCC1CN. The van der Waals surface area contributed by atoms with Crippen LogP contribution in [0.4, 0.5) is 0 Å². The third-order valence-electron chi connectivity index (χ3n) is 3.73. The van der Waals surface area contributed by atoms with Gasteiger partial charge >= 0.3 is 0 Å². The monoisotopic (exact) mass is 235 g/mol. The number of nitrogens with one attached hydrogen (secondary N) is 2. The minimum absolute atomic E-state index is 0.0223. The maximum atomic E-state index is 12.1. The third kappa shape index (κ3) is 2.69. The molecule has 0 radical (unpaired) electrons. The fraction of sp³-hybridized carbons (Fsp3) is 0.615. The third-order valence-corrected chi connectivity index (χ3v) is 3.73. The number of amides is 1. The molecule has 17 heavy (non-hydrogen) atoms. The summed E-state index contributed by atoms with van der Waals surface area (Å²) in [6, 6.07) is 2.07. The van der Waals surface area contributed by atoms with E-state index in [1.54, 1.807) is 6.20 Å². The summed E-state index contributed by atoms with van der Waals surface area (Å²) in [6.45, 7) is 2.58. The maximum absolute atomic E-state index is 12.1. The minimum Gasteiger partial charge on any atom is -0.365 e. The van der Waals surface area contributed by atoms with E-state index in [1.807, 2.05) is 13.0 Å². The summed E-state index contributed by atoms with van der Waals surface area (Å²) in [4.78, 5) is 15.1. The summed E-state index contributed by atoms with van der Waals surface area (Å²) >= 11 is 0. The van der Waals surface area contributed by atoms with Crippen LogP contribution in [-0.4, -0.2) is 23.5 Å². The van der Waals surface area contributed by atoms with Crippen molar-refractivity contribution in [2.45, 2.75) is 38.6 Å². The highest BCUT2D eigenvalue weighted by Crippen LogP contribution is 2.23.